The second kappa shape index (κ2) is 7.18. The minimum absolute atomic E-state index is 0.0356. The van der Waals surface area contributed by atoms with Crippen LogP contribution in [0.15, 0.2) is 18.2 Å². The highest BCUT2D eigenvalue weighted by Crippen LogP contribution is 2.28. The fraction of sp³-hybridized carbons (Fsp3) is 0.500. The molecular weight excluding hydrogens is 368 g/mol. The monoisotopic (exact) mass is 387 g/mol. The standard InChI is InChI=1S/C16H19F2N3O4S/c17-9-5-10(18)7-11(6-9)19-14(22)4-2-1-3-13-15-12(8-26(13,24)25)20-16(23)21-15/h5-7,12-13,15H,1-4,8H2,(H,19,22)(H2,20,21,23)/t12-,13-,15-/m1/s1. The van der Waals surface area contributed by atoms with Gasteiger partial charge in [0.05, 0.1) is 23.1 Å². The summed E-state index contributed by atoms with van der Waals surface area (Å²) in [5, 5.41) is 6.97. The topological polar surface area (TPSA) is 104 Å². The third kappa shape index (κ3) is 4.12. The summed E-state index contributed by atoms with van der Waals surface area (Å²) in [6, 6.07) is 1.55. The van der Waals surface area contributed by atoms with Crippen LogP contribution in [-0.4, -0.2) is 43.4 Å². The van der Waals surface area contributed by atoms with Crippen LogP contribution in [0.3, 0.4) is 0 Å². The molecule has 0 unspecified atom stereocenters. The Bertz CT molecular complexity index is 811. The van der Waals surface area contributed by atoms with E-state index in [4.69, 9.17) is 0 Å². The average Bonchev–Trinajstić information content (AvgIpc) is 2.94. The number of carbonyl (C=O) groups excluding carboxylic acids is 2. The van der Waals surface area contributed by atoms with E-state index in [0.29, 0.717) is 25.3 Å². The predicted octanol–water partition coefficient (Wildman–Crippen LogP) is 1.31. The number of amides is 3. The van der Waals surface area contributed by atoms with E-state index in [1.807, 2.05) is 0 Å². The molecule has 0 aliphatic carbocycles. The van der Waals surface area contributed by atoms with Crippen molar-refractivity contribution in [1.82, 2.24) is 10.6 Å². The molecule has 0 bridgehead atoms. The summed E-state index contributed by atoms with van der Waals surface area (Å²) in [6.45, 7) is 0. The molecule has 7 nitrogen and oxygen atoms in total. The van der Waals surface area contributed by atoms with E-state index in [9.17, 15) is 26.8 Å². The predicted molar refractivity (Wildman–Crippen MR) is 90.3 cm³/mol. The van der Waals surface area contributed by atoms with Gasteiger partial charge < -0.3 is 16.0 Å². The molecular formula is C16H19F2N3O4S. The molecule has 1 aromatic carbocycles. The quantitative estimate of drug-likeness (QED) is 0.506. The molecule has 1 aromatic rings. The minimum atomic E-state index is -3.29. The highest BCUT2D eigenvalue weighted by atomic mass is 32.2. The van der Waals surface area contributed by atoms with Gasteiger partial charge in [0.25, 0.3) is 0 Å². The molecule has 3 rings (SSSR count). The van der Waals surface area contributed by atoms with Gasteiger partial charge in [-0.25, -0.2) is 22.0 Å². The summed E-state index contributed by atoms with van der Waals surface area (Å²) in [7, 11) is -3.29. The summed E-state index contributed by atoms with van der Waals surface area (Å²) in [5.74, 6) is -2.05. The van der Waals surface area contributed by atoms with Crippen molar-refractivity contribution in [3.05, 3.63) is 29.8 Å². The Labute approximate surface area is 149 Å². The Morgan fingerprint density at radius 1 is 1.15 bits per heavy atom. The smallest absolute Gasteiger partial charge is 0.315 e. The number of carbonyl (C=O) groups is 2. The number of rotatable bonds is 6. The van der Waals surface area contributed by atoms with Gasteiger partial charge in [-0.3, -0.25) is 4.79 Å². The molecule has 142 valence electrons. The van der Waals surface area contributed by atoms with Gasteiger partial charge in [-0.05, 0) is 25.0 Å². The van der Waals surface area contributed by atoms with Crippen LogP contribution in [0.2, 0.25) is 0 Å². The Hall–Kier alpha value is -2.23. The minimum Gasteiger partial charge on any atom is -0.332 e. The Morgan fingerprint density at radius 2 is 1.85 bits per heavy atom. The lowest BCUT2D eigenvalue weighted by atomic mass is 10.0. The van der Waals surface area contributed by atoms with Crippen LogP contribution in [0.4, 0.5) is 19.3 Å². The fourth-order valence-corrected chi connectivity index (χ4v) is 5.75. The zero-order valence-corrected chi connectivity index (χ0v) is 14.6. The summed E-state index contributed by atoms with van der Waals surface area (Å²) in [4.78, 5) is 23.2. The van der Waals surface area contributed by atoms with Gasteiger partial charge in [0.1, 0.15) is 11.6 Å². The number of hydrogen-bond donors (Lipinski definition) is 3. The molecule has 3 atom stereocenters. The lowest BCUT2D eigenvalue weighted by molar-refractivity contribution is -0.116. The largest absolute Gasteiger partial charge is 0.332 e. The molecule has 3 N–H and O–H groups in total. The van der Waals surface area contributed by atoms with Gasteiger partial charge in [0.2, 0.25) is 5.91 Å². The van der Waals surface area contributed by atoms with Crippen LogP contribution in [-0.2, 0) is 14.6 Å². The molecule has 2 aliphatic rings. The van der Waals surface area contributed by atoms with Crippen LogP contribution in [0.25, 0.3) is 0 Å². The number of benzene rings is 1. The van der Waals surface area contributed by atoms with Crippen molar-refractivity contribution in [3.63, 3.8) is 0 Å². The first kappa shape index (κ1) is 18.6. The summed E-state index contributed by atoms with van der Waals surface area (Å²) >= 11 is 0. The van der Waals surface area contributed by atoms with Crippen molar-refractivity contribution in [2.45, 2.75) is 43.0 Å². The number of unbranched alkanes of at least 4 members (excludes halogenated alkanes) is 1. The molecule has 2 fully saturated rings. The molecule has 0 saturated carbocycles. The number of hydrogen-bond acceptors (Lipinski definition) is 4. The lowest BCUT2D eigenvalue weighted by Gasteiger charge is -2.16. The van der Waals surface area contributed by atoms with Crippen molar-refractivity contribution in [3.8, 4) is 0 Å². The number of urea groups is 1. The van der Waals surface area contributed by atoms with E-state index in [-0.39, 0.29) is 23.9 Å². The number of fused-ring (bicyclic) bond motifs is 1. The first-order valence-corrected chi connectivity index (χ1v) is 10.0. The fourth-order valence-electron chi connectivity index (χ4n) is 3.49. The van der Waals surface area contributed by atoms with Gasteiger partial charge in [-0.2, -0.15) is 0 Å². The van der Waals surface area contributed by atoms with Crippen molar-refractivity contribution < 1.29 is 26.8 Å². The zero-order chi connectivity index (χ0) is 18.9. The number of sulfone groups is 1. The number of halogens is 2. The van der Waals surface area contributed by atoms with E-state index < -0.39 is 44.7 Å². The summed E-state index contributed by atoms with van der Waals surface area (Å²) in [6.07, 6.45) is 1.35. The first-order chi connectivity index (χ1) is 12.2. The van der Waals surface area contributed by atoms with E-state index in [2.05, 4.69) is 16.0 Å². The maximum absolute atomic E-state index is 13.1. The third-order valence-corrected chi connectivity index (χ3v) is 6.89. The van der Waals surface area contributed by atoms with Crippen LogP contribution in [0, 0.1) is 11.6 Å². The SMILES string of the molecule is O=C(CCCC[C@@H]1[C@@H]2NC(=O)N[C@@H]2CS1(=O)=O)Nc1cc(F)cc(F)c1. The normalized spacial score (nSPS) is 26.1. The van der Waals surface area contributed by atoms with E-state index in [1.54, 1.807) is 0 Å². The molecule has 26 heavy (non-hydrogen) atoms. The number of nitrogens with one attached hydrogen (secondary N) is 3. The maximum atomic E-state index is 13.1. The lowest BCUT2D eigenvalue weighted by Crippen LogP contribution is -2.39. The summed E-state index contributed by atoms with van der Waals surface area (Å²) in [5.41, 5.74) is 0.0356. The second-order valence-corrected chi connectivity index (χ2v) is 8.83. The van der Waals surface area contributed by atoms with E-state index >= 15 is 0 Å². The first-order valence-electron chi connectivity index (χ1n) is 8.29. The van der Waals surface area contributed by atoms with Crippen molar-refractivity contribution in [1.29, 1.82) is 0 Å². The Kier molecular flexibility index (Phi) is 5.12. The third-order valence-electron chi connectivity index (χ3n) is 4.61. The maximum Gasteiger partial charge on any atom is 0.315 e. The highest BCUT2D eigenvalue weighted by molar-refractivity contribution is 7.92. The molecule has 0 aromatic heterocycles. The van der Waals surface area contributed by atoms with Crippen LogP contribution in [0.5, 0.6) is 0 Å². The van der Waals surface area contributed by atoms with Gasteiger partial charge in [0, 0.05) is 18.2 Å². The van der Waals surface area contributed by atoms with Crippen molar-refractivity contribution in [2.24, 2.45) is 0 Å². The van der Waals surface area contributed by atoms with Crippen molar-refractivity contribution >= 4 is 27.5 Å². The van der Waals surface area contributed by atoms with E-state index in [0.717, 1.165) is 12.1 Å². The summed E-state index contributed by atoms with van der Waals surface area (Å²) < 4.78 is 50.5. The average molecular weight is 387 g/mol. The molecule has 2 heterocycles. The molecule has 3 amide bonds. The highest BCUT2D eigenvalue weighted by Gasteiger charge is 2.51. The zero-order valence-electron chi connectivity index (χ0n) is 13.8. The molecule has 2 saturated heterocycles. The molecule has 2 aliphatic heterocycles. The van der Waals surface area contributed by atoms with Crippen LogP contribution >= 0.6 is 0 Å². The van der Waals surface area contributed by atoms with Crippen LogP contribution in [0.1, 0.15) is 25.7 Å². The molecule has 10 heteroatoms. The number of anilines is 1. The Balaban J connectivity index is 1.46. The van der Waals surface area contributed by atoms with Crippen molar-refractivity contribution in [2.75, 3.05) is 11.1 Å². The Morgan fingerprint density at radius 3 is 2.54 bits per heavy atom. The second-order valence-electron chi connectivity index (χ2n) is 6.57. The van der Waals surface area contributed by atoms with Gasteiger partial charge in [-0.1, -0.05) is 6.42 Å². The van der Waals surface area contributed by atoms with Gasteiger partial charge in [-0.15, -0.1) is 0 Å². The van der Waals surface area contributed by atoms with E-state index in [1.165, 1.54) is 0 Å². The molecule has 0 spiro atoms. The van der Waals surface area contributed by atoms with Crippen LogP contribution < -0.4 is 16.0 Å². The van der Waals surface area contributed by atoms with Gasteiger partial charge >= 0.3 is 6.03 Å². The molecule has 0 radical (unpaired) electrons. The van der Waals surface area contributed by atoms with Gasteiger partial charge in [0.15, 0.2) is 9.84 Å².